The summed E-state index contributed by atoms with van der Waals surface area (Å²) in [5.74, 6) is 0.892. The molecule has 5 nitrogen and oxygen atoms in total. The predicted molar refractivity (Wildman–Crippen MR) is 61.7 cm³/mol. The molecular weight excluding hydrogens is 251 g/mol. The summed E-state index contributed by atoms with van der Waals surface area (Å²) in [6, 6.07) is 0. The molecule has 2 atom stereocenters. The van der Waals surface area contributed by atoms with Crippen LogP contribution in [0.3, 0.4) is 0 Å². The Morgan fingerprint density at radius 1 is 1.31 bits per heavy atom. The quantitative estimate of drug-likeness (QED) is 0.869. The minimum Gasteiger partial charge on any atom is -0.393 e. The molecule has 1 saturated carbocycles. The molecule has 1 aromatic rings. The zero-order valence-electron chi connectivity index (χ0n) is 8.53. The zero-order chi connectivity index (χ0) is 11.5. The molecule has 1 aliphatic carbocycles. The van der Waals surface area contributed by atoms with Crippen LogP contribution in [0.25, 0.3) is 0 Å². The maximum absolute atomic E-state index is 9.38. The Bertz CT molecular complexity index is 377. The van der Waals surface area contributed by atoms with E-state index >= 15 is 0 Å². The molecule has 0 aromatic carbocycles. The van der Waals surface area contributed by atoms with Crippen molar-refractivity contribution < 1.29 is 5.11 Å². The second kappa shape index (κ2) is 5.12. The van der Waals surface area contributed by atoms with Gasteiger partial charge in [0.25, 0.3) is 0 Å². The molecule has 0 radical (unpaired) electrons. The lowest BCUT2D eigenvalue weighted by atomic mass is 10.1. The monoisotopic (exact) mass is 262 g/mol. The van der Waals surface area contributed by atoms with Gasteiger partial charge >= 0.3 is 0 Å². The Labute approximate surface area is 103 Å². The van der Waals surface area contributed by atoms with E-state index in [1.807, 2.05) is 0 Å². The van der Waals surface area contributed by atoms with Crippen molar-refractivity contribution in [2.24, 2.45) is 5.92 Å². The molecule has 16 heavy (non-hydrogen) atoms. The summed E-state index contributed by atoms with van der Waals surface area (Å²) in [6.07, 6.45) is 2.52. The van der Waals surface area contributed by atoms with E-state index in [0.29, 0.717) is 18.3 Å². The first-order chi connectivity index (χ1) is 7.65. The number of anilines is 1. The molecule has 1 fully saturated rings. The minimum absolute atomic E-state index is 0.0679. The van der Waals surface area contributed by atoms with Crippen LogP contribution in [0.4, 0.5) is 5.82 Å². The Morgan fingerprint density at radius 3 is 2.81 bits per heavy atom. The number of halogens is 2. The number of aliphatic hydroxyl groups excluding tert-OH is 1. The molecular formula is C9H12Cl2N4O. The second-order valence-electron chi connectivity index (χ2n) is 3.93. The average molecular weight is 263 g/mol. The van der Waals surface area contributed by atoms with Gasteiger partial charge in [0.2, 0.25) is 5.28 Å². The van der Waals surface area contributed by atoms with E-state index in [-0.39, 0.29) is 16.5 Å². The lowest BCUT2D eigenvalue weighted by Gasteiger charge is -2.11. The SMILES string of the molecule is OC1CCC(CNc2nc(Cl)nnc2Cl)C1. The lowest BCUT2D eigenvalue weighted by molar-refractivity contribution is 0.178. The summed E-state index contributed by atoms with van der Waals surface area (Å²) in [4.78, 5) is 3.94. The normalized spacial score (nSPS) is 24.7. The van der Waals surface area contributed by atoms with E-state index in [0.717, 1.165) is 19.3 Å². The van der Waals surface area contributed by atoms with E-state index in [2.05, 4.69) is 20.5 Å². The zero-order valence-corrected chi connectivity index (χ0v) is 10.0. The maximum Gasteiger partial charge on any atom is 0.245 e. The lowest BCUT2D eigenvalue weighted by Crippen LogP contribution is -2.14. The van der Waals surface area contributed by atoms with E-state index in [1.165, 1.54) is 0 Å². The Kier molecular flexibility index (Phi) is 3.78. The van der Waals surface area contributed by atoms with E-state index < -0.39 is 0 Å². The van der Waals surface area contributed by atoms with Gasteiger partial charge in [0, 0.05) is 6.54 Å². The summed E-state index contributed by atoms with van der Waals surface area (Å²) in [6.45, 7) is 0.714. The number of hydrogen-bond acceptors (Lipinski definition) is 5. The van der Waals surface area contributed by atoms with Crippen molar-refractivity contribution in [3.8, 4) is 0 Å². The van der Waals surface area contributed by atoms with E-state index in [1.54, 1.807) is 0 Å². The summed E-state index contributed by atoms with van der Waals surface area (Å²) in [7, 11) is 0. The van der Waals surface area contributed by atoms with Gasteiger partial charge in [-0.2, -0.15) is 4.98 Å². The third kappa shape index (κ3) is 2.93. The molecule has 2 rings (SSSR count). The van der Waals surface area contributed by atoms with Gasteiger partial charge in [0.1, 0.15) is 0 Å². The van der Waals surface area contributed by atoms with Gasteiger partial charge in [-0.1, -0.05) is 11.6 Å². The van der Waals surface area contributed by atoms with Crippen molar-refractivity contribution in [2.45, 2.75) is 25.4 Å². The topological polar surface area (TPSA) is 70.9 Å². The van der Waals surface area contributed by atoms with Gasteiger partial charge in [-0.25, -0.2) is 0 Å². The fourth-order valence-electron chi connectivity index (χ4n) is 1.88. The third-order valence-electron chi connectivity index (χ3n) is 2.69. The molecule has 88 valence electrons. The van der Waals surface area contributed by atoms with Crippen LogP contribution in [0.5, 0.6) is 0 Å². The third-order valence-corrected chi connectivity index (χ3v) is 3.11. The first kappa shape index (κ1) is 11.8. The van der Waals surface area contributed by atoms with Crippen molar-refractivity contribution in [2.75, 3.05) is 11.9 Å². The predicted octanol–water partition coefficient (Wildman–Crippen LogP) is 1.75. The highest BCUT2D eigenvalue weighted by Gasteiger charge is 2.22. The minimum atomic E-state index is -0.172. The van der Waals surface area contributed by atoms with Crippen molar-refractivity contribution in [3.05, 3.63) is 10.4 Å². The summed E-state index contributed by atoms with van der Waals surface area (Å²) in [5, 5.41) is 19.9. The molecule has 0 bridgehead atoms. The van der Waals surface area contributed by atoms with Gasteiger partial charge in [-0.3, -0.25) is 0 Å². The maximum atomic E-state index is 9.38. The van der Waals surface area contributed by atoms with E-state index in [4.69, 9.17) is 23.2 Å². The van der Waals surface area contributed by atoms with Crippen molar-refractivity contribution >= 4 is 29.0 Å². The van der Waals surface area contributed by atoms with Crippen LogP contribution in [0.15, 0.2) is 0 Å². The molecule has 1 aliphatic rings. The summed E-state index contributed by atoms with van der Waals surface area (Å²) >= 11 is 11.4. The smallest absolute Gasteiger partial charge is 0.245 e. The van der Waals surface area contributed by atoms with Gasteiger partial charge in [-0.15, -0.1) is 10.2 Å². The van der Waals surface area contributed by atoms with Gasteiger partial charge < -0.3 is 10.4 Å². The Balaban J connectivity index is 1.91. The molecule has 1 heterocycles. The largest absolute Gasteiger partial charge is 0.393 e. The van der Waals surface area contributed by atoms with Crippen LogP contribution in [0.1, 0.15) is 19.3 Å². The molecule has 0 spiro atoms. The molecule has 7 heteroatoms. The van der Waals surface area contributed by atoms with Gasteiger partial charge in [0.15, 0.2) is 11.0 Å². The van der Waals surface area contributed by atoms with Crippen LogP contribution in [-0.2, 0) is 0 Å². The number of nitrogens with one attached hydrogen (secondary N) is 1. The van der Waals surface area contributed by atoms with Crippen LogP contribution < -0.4 is 5.32 Å². The number of rotatable bonds is 3. The van der Waals surface area contributed by atoms with Crippen molar-refractivity contribution in [1.82, 2.24) is 15.2 Å². The fourth-order valence-corrected chi connectivity index (χ4v) is 2.15. The van der Waals surface area contributed by atoms with E-state index in [9.17, 15) is 5.11 Å². The van der Waals surface area contributed by atoms with Crippen molar-refractivity contribution in [3.63, 3.8) is 0 Å². The van der Waals surface area contributed by atoms with Gasteiger partial charge in [-0.05, 0) is 36.8 Å². The average Bonchev–Trinajstić information content (AvgIpc) is 2.66. The molecule has 0 aliphatic heterocycles. The second-order valence-corrected chi connectivity index (χ2v) is 4.63. The van der Waals surface area contributed by atoms with Crippen LogP contribution in [0.2, 0.25) is 10.4 Å². The number of aromatic nitrogens is 3. The highest BCUT2D eigenvalue weighted by atomic mass is 35.5. The standard InChI is InChI=1S/C9H12Cl2N4O/c10-7-8(13-9(11)15-14-7)12-4-5-1-2-6(16)3-5/h5-6,16H,1-4H2,(H,12,13,15). The fraction of sp³-hybridized carbons (Fsp3) is 0.667. The first-order valence-electron chi connectivity index (χ1n) is 5.13. The Morgan fingerprint density at radius 2 is 2.12 bits per heavy atom. The van der Waals surface area contributed by atoms with Crippen LogP contribution >= 0.6 is 23.2 Å². The Hall–Kier alpha value is -0.650. The highest BCUT2D eigenvalue weighted by molar-refractivity contribution is 6.32. The molecule has 2 unspecified atom stereocenters. The molecule has 0 amide bonds. The van der Waals surface area contributed by atoms with Gasteiger partial charge in [0.05, 0.1) is 6.10 Å². The number of aliphatic hydroxyl groups is 1. The molecule has 0 saturated heterocycles. The number of hydrogen-bond donors (Lipinski definition) is 2. The van der Waals surface area contributed by atoms with Crippen LogP contribution in [-0.4, -0.2) is 32.9 Å². The highest BCUT2D eigenvalue weighted by Crippen LogP contribution is 2.26. The number of nitrogens with zero attached hydrogens (tertiary/aromatic N) is 3. The molecule has 2 N–H and O–H groups in total. The van der Waals surface area contributed by atoms with Crippen molar-refractivity contribution in [1.29, 1.82) is 0 Å². The van der Waals surface area contributed by atoms with Crippen LogP contribution in [0, 0.1) is 5.92 Å². The first-order valence-corrected chi connectivity index (χ1v) is 5.88. The summed E-state index contributed by atoms with van der Waals surface area (Å²) in [5.41, 5.74) is 0. The molecule has 1 aromatic heterocycles. The summed E-state index contributed by atoms with van der Waals surface area (Å²) < 4.78 is 0.